The van der Waals surface area contributed by atoms with Crippen LogP contribution in [-0.4, -0.2) is 39.1 Å². The molecule has 2 aromatic heterocycles. The van der Waals surface area contributed by atoms with E-state index >= 15 is 0 Å². The lowest BCUT2D eigenvalue weighted by molar-refractivity contribution is 0.198. The monoisotopic (exact) mass is 250 g/mol. The molecule has 2 rings (SSSR count). The van der Waals surface area contributed by atoms with Crippen LogP contribution < -0.4 is 9.47 Å². The van der Waals surface area contributed by atoms with Crippen molar-refractivity contribution in [3.8, 4) is 11.6 Å². The SMILES string of the molecule is COc1cc(C(O)c2c(OC)cnn2C)ncn1. The van der Waals surface area contributed by atoms with Gasteiger partial charge >= 0.3 is 0 Å². The summed E-state index contributed by atoms with van der Waals surface area (Å²) in [6.45, 7) is 0. The zero-order valence-corrected chi connectivity index (χ0v) is 10.4. The van der Waals surface area contributed by atoms with Crippen molar-refractivity contribution in [3.05, 3.63) is 30.0 Å². The maximum absolute atomic E-state index is 10.3. The van der Waals surface area contributed by atoms with E-state index in [9.17, 15) is 5.11 Å². The lowest BCUT2D eigenvalue weighted by atomic mass is 10.1. The largest absolute Gasteiger partial charge is 0.493 e. The molecule has 2 heterocycles. The summed E-state index contributed by atoms with van der Waals surface area (Å²) in [4.78, 5) is 7.91. The fourth-order valence-corrected chi connectivity index (χ4v) is 1.65. The molecule has 0 fully saturated rings. The van der Waals surface area contributed by atoms with Crippen LogP contribution in [0.2, 0.25) is 0 Å². The number of methoxy groups -OCH3 is 2. The number of ether oxygens (including phenoxy) is 2. The minimum Gasteiger partial charge on any atom is -0.493 e. The normalized spacial score (nSPS) is 12.2. The summed E-state index contributed by atoms with van der Waals surface area (Å²) >= 11 is 0. The molecule has 0 saturated carbocycles. The highest BCUT2D eigenvalue weighted by Gasteiger charge is 2.21. The molecule has 0 saturated heterocycles. The molecule has 0 spiro atoms. The van der Waals surface area contributed by atoms with E-state index in [2.05, 4.69) is 15.1 Å². The molecule has 18 heavy (non-hydrogen) atoms. The number of nitrogens with zero attached hydrogens (tertiary/aromatic N) is 4. The van der Waals surface area contributed by atoms with Crippen LogP contribution in [0.3, 0.4) is 0 Å². The predicted molar refractivity (Wildman–Crippen MR) is 62.4 cm³/mol. The third-order valence-corrected chi connectivity index (χ3v) is 2.58. The highest BCUT2D eigenvalue weighted by molar-refractivity contribution is 5.33. The van der Waals surface area contributed by atoms with E-state index in [1.807, 2.05) is 0 Å². The highest BCUT2D eigenvalue weighted by atomic mass is 16.5. The Bertz CT molecular complexity index is 541. The molecule has 0 aliphatic carbocycles. The quantitative estimate of drug-likeness (QED) is 0.841. The standard InChI is InChI=1S/C11H14N4O3/c1-15-10(8(17-2)5-14-15)11(16)7-4-9(18-3)13-6-12-7/h4-6,11,16H,1-3H3. The molecule has 0 aliphatic heterocycles. The van der Waals surface area contributed by atoms with Gasteiger partial charge in [0.15, 0.2) is 5.75 Å². The van der Waals surface area contributed by atoms with E-state index in [4.69, 9.17) is 9.47 Å². The van der Waals surface area contributed by atoms with Crippen LogP contribution in [0.25, 0.3) is 0 Å². The van der Waals surface area contributed by atoms with Gasteiger partial charge in [0.1, 0.15) is 18.1 Å². The number of aliphatic hydroxyl groups excluding tert-OH is 1. The third-order valence-electron chi connectivity index (χ3n) is 2.58. The van der Waals surface area contributed by atoms with Gasteiger partial charge in [0, 0.05) is 13.1 Å². The molecular formula is C11H14N4O3. The van der Waals surface area contributed by atoms with Crippen LogP contribution in [0, 0.1) is 0 Å². The first-order valence-electron chi connectivity index (χ1n) is 5.27. The van der Waals surface area contributed by atoms with E-state index in [1.54, 1.807) is 13.1 Å². The van der Waals surface area contributed by atoms with Crippen molar-refractivity contribution >= 4 is 0 Å². The zero-order chi connectivity index (χ0) is 13.1. The van der Waals surface area contributed by atoms with Crippen LogP contribution in [0.1, 0.15) is 17.5 Å². The van der Waals surface area contributed by atoms with Crippen molar-refractivity contribution in [2.45, 2.75) is 6.10 Å². The van der Waals surface area contributed by atoms with Crippen LogP contribution in [0.5, 0.6) is 11.6 Å². The second-order valence-corrected chi connectivity index (χ2v) is 3.61. The Morgan fingerprint density at radius 3 is 2.72 bits per heavy atom. The summed E-state index contributed by atoms with van der Waals surface area (Å²) in [5, 5.41) is 14.3. The lowest BCUT2D eigenvalue weighted by Crippen LogP contribution is -2.10. The molecule has 0 bridgehead atoms. The van der Waals surface area contributed by atoms with Crippen LogP contribution >= 0.6 is 0 Å². The Morgan fingerprint density at radius 1 is 1.28 bits per heavy atom. The minimum absolute atomic E-state index is 0.389. The van der Waals surface area contributed by atoms with Crippen molar-refractivity contribution in [3.63, 3.8) is 0 Å². The van der Waals surface area contributed by atoms with E-state index in [0.29, 0.717) is 23.0 Å². The first-order valence-corrected chi connectivity index (χ1v) is 5.27. The Labute approximate surface area is 104 Å². The summed E-state index contributed by atoms with van der Waals surface area (Å²) < 4.78 is 11.7. The molecule has 0 aliphatic rings. The molecule has 7 heteroatoms. The van der Waals surface area contributed by atoms with Gasteiger partial charge in [-0.05, 0) is 0 Å². The zero-order valence-electron chi connectivity index (χ0n) is 10.4. The molecule has 0 aromatic carbocycles. The average Bonchev–Trinajstić information content (AvgIpc) is 2.79. The summed E-state index contributed by atoms with van der Waals surface area (Å²) in [6, 6.07) is 1.57. The number of hydrogen-bond donors (Lipinski definition) is 1. The minimum atomic E-state index is -0.954. The van der Waals surface area contributed by atoms with E-state index in [-0.39, 0.29) is 0 Å². The predicted octanol–water partition coefficient (Wildman–Crippen LogP) is 0.309. The van der Waals surface area contributed by atoms with Crippen molar-refractivity contribution < 1.29 is 14.6 Å². The fraction of sp³-hybridized carbons (Fsp3) is 0.364. The van der Waals surface area contributed by atoms with Crippen LogP contribution in [0.15, 0.2) is 18.6 Å². The average molecular weight is 250 g/mol. The summed E-state index contributed by atoms with van der Waals surface area (Å²) in [5.41, 5.74) is 0.946. The van der Waals surface area contributed by atoms with Gasteiger partial charge in [0.05, 0.1) is 26.1 Å². The Hall–Kier alpha value is -2.15. The maximum atomic E-state index is 10.3. The molecule has 1 unspecified atom stereocenters. The van der Waals surface area contributed by atoms with Gasteiger partial charge in [0.2, 0.25) is 5.88 Å². The first-order chi connectivity index (χ1) is 8.67. The molecule has 96 valence electrons. The van der Waals surface area contributed by atoms with Gasteiger partial charge in [-0.1, -0.05) is 0 Å². The molecular weight excluding hydrogens is 236 g/mol. The van der Waals surface area contributed by atoms with E-state index in [1.165, 1.54) is 31.4 Å². The molecule has 1 N–H and O–H groups in total. The lowest BCUT2D eigenvalue weighted by Gasteiger charge is -2.12. The molecule has 7 nitrogen and oxygen atoms in total. The summed E-state index contributed by atoms with van der Waals surface area (Å²) in [6.07, 6.45) is 1.92. The van der Waals surface area contributed by atoms with Gasteiger partial charge in [0.25, 0.3) is 0 Å². The maximum Gasteiger partial charge on any atom is 0.216 e. The first kappa shape index (κ1) is 12.3. The number of aliphatic hydroxyl groups is 1. The Morgan fingerprint density at radius 2 is 2.06 bits per heavy atom. The van der Waals surface area contributed by atoms with Crippen LogP contribution in [0.4, 0.5) is 0 Å². The number of rotatable bonds is 4. The van der Waals surface area contributed by atoms with Gasteiger partial charge in [-0.15, -0.1) is 0 Å². The third kappa shape index (κ3) is 2.12. The van der Waals surface area contributed by atoms with Crippen molar-refractivity contribution in [1.82, 2.24) is 19.7 Å². The molecule has 0 radical (unpaired) electrons. The number of aromatic nitrogens is 4. The molecule has 2 aromatic rings. The highest BCUT2D eigenvalue weighted by Crippen LogP contribution is 2.28. The van der Waals surface area contributed by atoms with Crippen molar-refractivity contribution in [2.75, 3.05) is 14.2 Å². The van der Waals surface area contributed by atoms with Gasteiger partial charge in [-0.2, -0.15) is 5.10 Å². The van der Waals surface area contributed by atoms with Gasteiger partial charge < -0.3 is 14.6 Å². The van der Waals surface area contributed by atoms with Gasteiger partial charge in [-0.3, -0.25) is 4.68 Å². The Kier molecular flexibility index (Phi) is 3.42. The number of hydrogen-bond acceptors (Lipinski definition) is 6. The fourth-order valence-electron chi connectivity index (χ4n) is 1.65. The number of aryl methyl sites for hydroxylation is 1. The van der Waals surface area contributed by atoms with Crippen molar-refractivity contribution in [1.29, 1.82) is 0 Å². The van der Waals surface area contributed by atoms with Crippen LogP contribution in [-0.2, 0) is 7.05 Å². The van der Waals surface area contributed by atoms with E-state index in [0.717, 1.165) is 0 Å². The molecule has 0 amide bonds. The molecule has 1 atom stereocenters. The second kappa shape index (κ2) is 5.01. The smallest absolute Gasteiger partial charge is 0.216 e. The van der Waals surface area contributed by atoms with Gasteiger partial charge in [-0.25, -0.2) is 9.97 Å². The van der Waals surface area contributed by atoms with E-state index < -0.39 is 6.10 Å². The second-order valence-electron chi connectivity index (χ2n) is 3.61. The summed E-state index contributed by atoms with van der Waals surface area (Å²) in [5.74, 6) is 0.891. The Balaban J connectivity index is 2.40. The van der Waals surface area contributed by atoms with Crippen molar-refractivity contribution in [2.24, 2.45) is 7.05 Å². The topological polar surface area (TPSA) is 82.3 Å². The summed E-state index contributed by atoms with van der Waals surface area (Å²) in [7, 11) is 4.75.